The van der Waals surface area contributed by atoms with Crippen LogP contribution in [0.15, 0.2) is 0 Å². The third-order valence-corrected chi connectivity index (χ3v) is 4.61. The van der Waals surface area contributed by atoms with Crippen LogP contribution < -0.4 is 0 Å². The molecular formula is C14H24N2O4. The molecule has 2 aliphatic heterocycles. The number of amides is 2. The van der Waals surface area contributed by atoms with Crippen LogP contribution in [0, 0.1) is 5.41 Å². The van der Waals surface area contributed by atoms with Crippen molar-refractivity contribution in [1.82, 2.24) is 9.80 Å². The Balaban J connectivity index is 1.92. The maximum Gasteiger partial charge on any atom is 0.320 e. The molecule has 114 valence electrons. The van der Waals surface area contributed by atoms with Crippen molar-refractivity contribution in [2.75, 3.05) is 39.4 Å². The molecule has 6 nitrogen and oxygen atoms in total. The number of ether oxygens (including phenoxy) is 1. The second-order valence-corrected chi connectivity index (χ2v) is 5.66. The highest BCUT2D eigenvalue weighted by atomic mass is 16.5. The molecule has 20 heavy (non-hydrogen) atoms. The van der Waals surface area contributed by atoms with Gasteiger partial charge in [-0.25, -0.2) is 4.79 Å². The Morgan fingerprint density at radius 1 is 1.10 bits per heavy atom. The Kier molecular flexibility index (Phi) is 4.86. The summed E-state index contributed by atoms with van der Waals surface area (Å²) in [5.74, 6) is -0.727. The zero-order valence-electron chi connectivity index (χ0n) is 12.1. The quantitative estimate of drug-likeness (QED) is 0.832. The Labute approximate surface area is 119 Å². The van der Waals surface area contributed by atoms with Gasteiger partial charge in [0.1, 0.15) is 0 Å². The fraction of sp³-hybridized carbons (Fsp3) is 0.857. The first-order chi connectivity index (χ1) is 9.59. The predicted octanol–water partition coefficient (Wildman–Crippen LogP) is 1.41. The van der Waals surface area contributed by atoms with E-state index in [-0.39, 0.29) is 6.03 Å². The van der Waals surface area contributed by atoms with E-state index < -0.39 is 11.4 Å². The number of aliphatic carboxylic acids is 1. The molecule has 0 aromatic rings. The lowest BCUT2D eigenvalue weighted by molar-refractivity contribution is -0.152. The maximum absolute atomic E-state index is 12.4. The van der Waals surface area contributed by atoms with Crippen molar-refractivity contribution in [3.63, 3.8) is 0 Å². The van der Waals surface area contributed by atoms with Gasteiger partial charge in [-0.05, 0) is 25.7 Å². The van der Waals surface area contributed by atoms with E-state index in [0.717, 1.165) is 13.0 Å². The zero-order chi connectivity index (χ0) is 14.6. The van der Waals surface area contributed by atoms with E-state index in [4.69, 9.17) is 4.74 Å². The number of urea groups is 1. The van der Waals surface area contributed by atoms with Crippen molar-refractivity contribution >= 4 is 12.0 Å². The molecule has 0 aromatic carbocycles. The van der Waals surface area contributed by atoms with Crippen LogP contribution in [-0.4, -0.2) is 66.3 Å². The minimum atomic E-state index is -0.727. The summed E-state index contributed by atoms with van der Waals surface area (Å²) in [5.41, 5.74) is -0.640. The molecule has 2 rings (SSSR count). The smallest absolute Gasteiger partial charge is 0.320 e. The highest BCUT2D eigenvalue weighted by molar-refractivity contribution is 5.77. The first kappa shape index (κ1) is 15.1. The molecule has 0 aliphatic carbocycles. The van der Waals surface area contributed by atoms with Gasteiger partial charge < -0.3 is 19.6 Å². The van der Waals surface area contributed by atoms with Crippen LogP contribution >= 0.6 is 0 Å². The number of carboxylic acid groups (broad SMARTS) is 1. The number of nitrogens with zero attached hydrogens (tertiary/aromatic N) is 2. The summed E-state index contributed by atoms with van der Waals surface area (Å²) in [6.45, 7) is 5.65. The average molecular weight is 284 g/mol. The van der Waals surface area contributed by atoms with Gasteiger partial charge in [0, 0.05) is 32.8 Å². The molecule has 1 N–H and O–H groups in total. The lowest BCUT2D eigenvalue weighted by Gasteiger charge is -2.40. The lowest BCUT2D eigenvalue weighted by atomic mass is 9.76. The van der Waals surface area contributed by atoms with Gasteiger partial charge in [0.05, 0.1) is 12.0 Å². The monoisotopic (exact) mass is 284 g/mol. The van der Waals surface area contributed by atoms with E-state index in [9.17, 15) is 14.7 Å². The van der Waals surface area contributed by atoms with E-state index in [1.54, 1.807) is 4.90 Å². The van der Waals surface area contributed by atoms with Crippen LogP contribution in [0.3, 0.4) is 0 Å². The van der Waals surface area contributed by atoms with E-state index in [1.165, 1.54) is 0 Å². The second-order valence-electron chi connectivity index (χ2n) is 5.66. The number of piperidine rings is 1. The van der Waals surface area contributed by atoms with Crippen LogP contribution in [0.2, 0.25) is 0 Å². The van der Waals surface area contributed by atoms with Gasteiger partial charge in [0.15, 0.2) is 0 Å². The number of carbonyl (C=O) groups excluding carboxylic acids is 1. The number of likely N-dealkylation sites (tertiary alicyclic amines) is 1. The normalized spacial score (nSPS) is 23.2. The molecule has 0 radical (unpaired) electrons. The number of carboxylic acids is 1. The van der Waals surface area contributed by atoms with E-state index in [0.29, 0.717) is 52.1 Å². The van der Waals surface area contributed by atoms with E-state index >= 15 is 0 Å². The predicted molar refractivity (Wildman–Crippen MR) is 73.6 cm³/mol. The molecular weight excluding hydrogens is 260 g/mol. The van der Waals surface area contributed by atoms with Gasteiger partial charge in [-0.15, -0.1) is 0 Å². The maximum atomic E-state index is 12.4. The summed E-state index contributed by atoms with van der Waals surface area (Å²) in [4.78, 5) is 27.4. The summed E-state index contributed by atoms with van der Waals surface area (Å²) < 4.78 is 5.35. The fourth-order valence-corrected chi connectivity index (χ4v) is 2.98. The molecule has 0 saturated carbocycles. The summed E-state index contributed by atoms with van der Waals surface area (Å²) in [7, 11) is 0. The first-order valence-electron chi connectivity index (χ1n) is 7.44. The standard InChI is InChI=1S/C14H24N2O4/c1-2-14(12(17)18)4-7-16(8-5-14)13(19)15-6-3-10-20-11-9-15/h2-11H2,1H3,(H,17,18). The fourth-order valence-electron chi connectivity index (χ4n) is 2.98. The molecule has 2 fully saturated rings. The van der Waals surface area contributed by atoms with Gasteiger partial charge in [0.2, 0.25) is 0 Å². The summed E-state index contributed by atoms with van der Waals surface area (Å²) in [5, 5.41) is 9.37. The molecule has 0 atom stereocenters. The number of hydrogen-bond acceptors (Lipinski definition) is 3. The molecule has 0 unspecified atom stereocenters. The van der Waals surface area contributed by atoms with Gasteiger partial charge in [0.25, 0.3) is 0 Å². The number of hydrogen-bond donors (Lipinski definition) is 1. The summed E-state index contributed by atoms with van der Waals surface area (Å²) in [6, 6.07) is 0.0330. The third kappa shape index (κ3) is 3.06. The lowest BCUT2D eigenvalue weighted by Crippen LogP contribution is -2.51. The van der Waals surface area contributed by atoms with Crippen molar-refractivity contribution in [2.24, 2.45) is 5.41 Å². The summed E-state index contributed by atoms with van der Waals surface area (Å²) in [6.07, 6.45) is 2.60. The SMILES string of the molecule is CCC1(C(=O)O)CCN(C(=O)N2CCCOCC2)CC1. The topological polar surface area (TPSA) is 70.1 Å². The van der Waals surface area contributed by atoms with Gasteiger partial charge >= 0.3 is 12.0 Å². The van der Waals surface area contributed by atoms with Crippen LogP contribution in [0.25, 0.3) is 0 Å². The largest absolute Gasteiger partial charge is 0.481 e. The minimum absolute atomic E-state index is 0.0330. The highest BCUT2D eigenvalue weighted by Crippen LogP contribution is 2.35. The molecule has 2 saturated heterocycles. The third-order valence-electron chi connectivity index (χ3n) is 4.61. The highest BCUT2D eigenvalue weighted by Gasteiger charge is 2.41. The molecule has 6 heteroatoms. The summed E-state index contributed by atoms with van der Waals surface area (Å²) >= 11 is 0. The Hall–Kier alpha value is -1.30. The van der Waals surface area contributed by atoms with Crippen molar-refractivity contribution in [3.8, 4) is 0 Å². The van der Waals surface area contributed by atoms with Crippen molar-refractivity contribution in [3.05, 3.63) is 0 Å². The van der Waals surface area contributed by atoms with Crippen LogP contribution in [0.4, 0.5) is 4.79 Å². The Morgan fingerprint density at radius 3 is 2.35 bits per heavy atom. The molecule has 0 bridgehead atoms. The first-order valence-corrected chi connectivity index (χ1v) is 7.44. The average Bonchev–Trinajstić information content (AvgIpc) is 2.75. The van der Waals surface area contributed by atoms with Crippen LogP contribution in [0.5, 0.6) is 0 Å². The Bertz CT molecular complexity index is 356. The molecule has 2 aliphatic rings. The molecule has 2 heterocycles. The van der Waals surface area contributed by atoms with Crippen LogP contribution in [-0.2, 0) is 9.53 Å². The van der Waals surface area contributed by atoms with Gasteiger partial charge in [-0.2, -0.15) is 0 Å². The number of carbonyl (C=O) groups is 2. The van der Waals surface area contributed by atoms with Crippen molar-refractivity contribution in [2.45, 2.75) is 32.6 Å². The number of rotatable bonds is 2. The van der Waals surface area contributed by atoms with Crippen molar-refractivity contribution in [1.29, 1.82) is 0 Å². The van der Waals surface area contributed by atoms with Crippen LogP contribution in [0.1, 0.15) is 32.6 Å². The van der Waals surface area contributed by atoms with Crippen molar-refractivity contribution < 1.29 is 19.4 Å². The van der Waals surface area contributed by atoms with E-state index in [1.807, 2.05) is 11.8 Å². The second kappa shape index (κ2) is 6.43. The molecule has 2 amide bonds. The zero-order valence-corrected chi connectivity index (χ0v) is 12.1. The molecule has 0 spiro atoms. The minimum Gasteiger partial charge on any atom is -0.481 e. The van der Waals surface area contributed by atoms with Gasteiger partial charge in [-0.1, -0.05) is 6.92 Å². The van der Waals surface area contributed by atoms with Gasteiger partial charge in [-0.3, -0.25) is 4.79 Å². The Morgan fingerprint density at radius 2 is 1.75 bits per heavy atom. The van der Waals surface area contributed by atoms with E-state index in [2.05, 4.69) is 0 Å². The molecule has 0 aromatic heterocycles.